The number of fused-ring (bicyclic) bond motifs is 3. The summed E-state index contributed by atoms with van der Waals surface area (Å²) in [5, 5.41) is 0. The second kappa shape index (κ2) is 2.76. The van der Waals surface area contributed by atoms with Crippen molar-refractivity contribution in [3.63, 3.8) is 0 Å². The standard InChI is InChI=1S/C13H9NO/c1-8-4-5-9-11(7-8)12-10(13(9)15)3-2-6-14-12/h2-7H,1H3. The van der Waals surface area contributed by atoms with E-state index in [1.807, 2.05) is 31.2 Å². The van der Waals surface area contributed by atoms with Gasteiger partial charge in [0.1, 0.15) is 0 Å². The first-order chi connectivity index (χ1) is 7.27. The Morgan fingerprint density at radius 1 is 1.07 bits per heavy atom. The number of hydrogen-bond donors (Lipinski definition) is 0. The van der Waals surface area contributed by atoms with Gasteiger partial charge in [0.2, 0.25) is 0 Å². The lowest BCUT2D eigenvalue weighted by molar-refractivity contribution is 0.104. The fourth-order valence-corrected chi connectivity index (χ4v) is 2.00. The molecule has 0 bridgehead atoms. The highest BCUT2D eigenvalue weighted by Gasteiger charge is 2.26. The molecule has 0 saturated carbocycles. The van der Waals surface area contributed by atoms with Crippen LogP contribution in [-0.4, -0.2) is 10.8 Å². The molecule has 2 aromatic rings. The van der Waals surface area contributed by atoms with Gasteiger partial charge in [-0.1, -0.05) is 17.7 Å². The number of rotatable bonds is 0. The molecule has 0 atom stereocenters. The highest BCUT2D eigenvalue weighted by Crippen LogP contribution is 2.34. The summed E-state index contributed by atoms with van der Waals surface area (Å²) in [5.74, 6) is 0.0908. The van der Waals surface area contributed by atoms with Gasteiger partial charge in [-0.25, -0.2) is 0 Å². The number of hydrogen-bond acceptors (Lipinski definition) is 2. The average molecular weight is 195 g/mol. The Bertz CT molecular complexity index is 572. The van der Waals surface area contributed by atoms with Crippen LogP contribution in [0.1, 0.15) is 21.5 Å². The van der Waals surface area contributed by atoms with Gasteiger partial charge in [0.25, 0.3) is 0 Å². The van der Waals surface area contributed by atoms with Gasteiger partial charge in [-0.05, 0) is 25.1 Å². The van der Waals surface area contributed by atoms with Gasteiger partial charge in [0, 0.05) is 22.9 Å². The molecule has 1 heterocycles. The molecule has 1 aliphatic rings. The average Bonchev–Trinajstić information content (AvgIpc) is 2.54. The van der Waals surface area contributed by atoms with Crippen LogP contribution in [0, 0.1) is 6.92 Å². The molecule has 0 radical (unpaired) electrons. The summed E-state index contributed by atoms with van der Waals surface area (Å²) in [6.07, 6.45) is 1.73. The summed E-state index contributed by atoms with van der Waals surface area (Å²) >= 11 is 0. The highest BCUT2D eigenvalue weighted by atomic mass is 16.1. The number of benzene rings is 1. The summed E-state index contributed by atoms with van der Waals surface area (Å²) in [4.78, 5) is 16.2. The topological polar surface area (TPSA) is 30.0 Å². The minimum Gasteiger partial charge on any atom is -0.289 e. The SMILES string of the molecule is Cc1ccc2c(c1)-c1ncccc1C2=O. The molecule has 0 amide bonds. The minimum atomic E-state index is 0.0908. The molecule has 0 saturated heterocycles. The summed E-state index contributed by atoms with van der Waals surface area (Å²) in [5.41, 5.74) is 4.43. The lowest BCUT2D eigenvalue weighted by Crippen LogP contribution is -1.94. The number of carbonyl (C=O) groups excluding carboxylic acids is 1. The molecule has 2 heteroatoms. The van der Waals surface area contributed by atoms with Gasteiger partial charge in [0.15, 0.2) is 5.78 Å². The molecule has 15 heavy (non-hydrogen) atoms. The van der Waals surface area contributed by atoms with E-state index in [9.17, 15) is 4.79 Å². The molecule has 0 fully saturated rings. The molecule has 2 nitrogen and oxygen atoms in total. The normalized spacial score (nSPS) is 12.5. The lowest BCUT2D eigenvalue weighted by Gasteiger charge is -1.99. The second-order valence-electron chi connectivity index (χ2n) is 3.78. The van der Waals surface area contributed by atoms with E-state index < -0.39 is 0 Å². The van der Waals surface area contributed by atoms with E-state index in [1.165, 1.54) is 0 Å². The Balaban J connectivity index is 2.39. The molecule has 1 aliphatic carbocycles. The minimum absolute atomic E-state index is 0.0908. The van der Waals surface area contributed by atoms with Gasteiger partial charge in [-0.3, -0.25) is 9.78 Å². The smallest absolute Gasteiger partial charge is 0.195 e. The Kier molecular flexibility index (Phi) is 1.54. The maximum absolute atomic E-state index is 12.0. The monoisotopic (exact) mass is 195 g/mol. The van der Waals surface area contributed by atoms with Crippen LogP contribution in [0.15, 0.2) is 36.5 Å². The first-order valence-electron chi connectivity index (χ1n) is 4.88. The van der Waals surface area contributed by atoms with Crippen LogP contribution in [0.5, 0.6) is 0 Å². The van der Waals surface area contributed by atoms with Crippen molar-refractivity contribution in [2.24, 2.45) is 0 Å². The van der Waals surface area contributed by atoms with E-state index in [2.05, 4.69) is 4.98 Å². The molecule has 0 aliphatic heterocycles. The summed E-state index contributed by atoms with van der Waals surface area (Å²) < 4.78 is 0. The molecule has 0 spiro atoms. The van der Waals surface area contributed by atoms with E-state index >= 15 is 0 Å². The van der Waals surface area contributed by atoms with Crippen molar-refractivity contribution >= 4 is 5.78 Å². The van der Waals surface area contributed by atoms with Crippen molar-refractivity contribution < 1.29 is 4.79 Å². The quantitative estimate of drug-likeness (QED) is 0.552. The largest absolute Gasteiger partial charge is 0.289 e. The zero-order valence-electron chi connectivity index (χ0n) is 8.32. The third-order valence-electron chi connectivity index (χ3n) is 2.73. The predicted molar refractivity (Wildman–Crippen MR) is 57.8 cm³/mol. The maximum atomic E-state index is 12.0. The Labute approximate surface area is 87.6 Å². The van der Waals surface area contributed by atoms with E-state index in [0.717, 1.165) is 27.9 Å². The van der Waals surface area contributed by atoms with Crippen molar-refractivity contribution in [2.75, 3.05) is 0 Å². The van der Waals surface area contributed by atoms with Crippen molar-refractivity contribution in [3.8, 4) is 11.3 Å². The van der Waals surface area contributed by atoms with Crippen LogP contribution in [0.2, 0.25) is 0 Å². The highest BCUT2D eigenvalue weighted by molar-refractivity contribution is 6.20. The third kappa shape index (κ3) is 1.05. The van der Waals surface area contributed by atoms with Gasteiger partial charge >= 0.3 is 0 Å². The van der Waals surface area contributed by atoms with Crippen molar-refractivity contribution in [1.82, 2.24) is 4.98 Å². The molecule has 3 rings (SSSR count). The molecule has 72 valence electrons. The van der Waals surface area contributed by atoms with Gasteiger partial charge in [-0.2, -0.15) is 0 Å². The van der Waals surface area contributed by atoms with Crippen LogP contribution in [0.25, 0.3) is 11.3 Å². The maximum Gasteiger partial charge on any atom is 0.195 e. The third-order valence-corrected chi connectivity index (χ3v) is 2.73. The van der Waals surface area contributed by atoms with Crippen LogP contribution in [-0.2, 0) is 0 Å². The number of pyridine rings is 1. The lowest BCUT2D eigenvalue weighted by atomic mass is 10.1. The van der Waals surface area contributed by atoms with E-state index in [0.29, 0.717) is 0 Å². The predicted octanol–water partition coefficient (Wildman–Crippen LogP) is 2.60. The van der Waals surface area contributed by atoms with Crippen LogP contribution in [0.3, 0.4) is 0 Å². The first-order valence-corrected chi connectivity index (χ1v) is 4.88. The van der Waals surface area contributed by atoms with Gasteiger partial charge < -0.3 is 0 Å². The van der Waals surface area contributed by atoms with E-state index in [1.54, 1.807) is 12.3 Å². The fraction of sp³-hybridized carbons (Fsp3) is 0.0769. The van der Waals surface area contributed by atoms with Gasteiger partial charge in [0.05, 0.1) is 5.69 Å². The van der Waals surface area contributed by atoms with Gasteiger partial charge in [-0.15, -0.1) is 0 Å². The summed E-state index contributed by atoms with van der Waals surface area (Å²) in [6, 6.07) is 9.50. The van der Waals surface area contributed by atoms with Crippen LogP contribution < -0.4 is 0 Å². The second-order valence-corrected chi connectivity index (χ2v) is 3.78. The first kappa shape index (κ1) is 8.36. The Hall–Kier alpha value is -1.96. The Morgan fingerprint density at radius 3 is 2.80 bits per heavy atom. The van der Waals surface area contributed by atoms with E-state index in [-0.39, 0.29) is 5.78 Å². The van der Waals surface area contributed by atoms with Crippen molar-refractivity contribution in [2.45, 2.75) is 6.92 Å². The Morgan fingerprint density at radius 2 is 1.93 bits per heavy atom. The fourth-order valence-electron chi connectivity index (χ4n) is 2.00. The number of nitrogens with zero attached hydrogens (tertiary/aromatic N) is 1. The summed E-state index contributed by atoms with van der Waals surface area (Å²) in [6.45, 7) is 2.02. The number of aromatic nitrogens is 1. The zero-order chi connectivity index (χ0) is 10.4. The van der Waals surface area contributed by atoms with Crippen molar-refractivity contribution in [3.05, 3.63) is 53.2 Å². The molecule has 1 aromatic carbocycles. The number of aryl methyl sites for hydroxylation is 1. The molecule has 1 aromatic heterocycles. The van der Waals surface area contributed by atoms with Crippen LogP contribution in [0.4, 0.5) is 0 Å². The molecule has 0 unspecified atom stereocenters. The van der Waals surface area contributed by atoms with E-state index in [4.69, 9.17) is 0 Å². The van der Waals surface area contributed by atoms with Crippen LogP contribution >= 0.6 is 0 Å². The summed E-state index contributed by atoms with van der Waals surface area (Å²) in [7, 11) is 0. The molecule has 0 N–H and O–H groups in total. The zero-order valence-corrected chi connectivity index (χ0v) is 8.32. The van der Waals surface area contributed by atoms with Crippen molar-refractivity contribution in [1.29, 1.82) is 0 Å². The number of ketones is 1. The molecular formula is C13H9NO. The number of carbonyl (C=O) groups is 1. The molecular weight excluding hydrogens is 186 g/mol.